The van der Waals surface area contributed by atoms with Crippen LogP contribution in [0.3, 0.4) is 0 Å². The van der Waals surface area contributed by atoms with Gasteiger partial charge in [-0.25, -0.2) is 0 Å². The average molecular weight is 236 g/mol. The van der Waals surface area contributed by atoms with Gasteiger partial charge in [-0.15, -0.1) is 0 Å². The second kappa shape index (κ2) is 3.76. The maximum Gasteiger partial charge on any atom is 0.174 e. The summed E-state index contributed by atoms with van der Waals surface area (Å²) in [4.78, 5) is 23.2. The summed E-state index contributed by atoms with van der Waals surface area (Å²) in [5.74, 6) is -1.46. The van der Waals surface area contributed by atoms with Gasteiger partial charge >= 0.3 is 0 Å². The number of carbonyl (C=O) groups is 2. The highest BCUT2D eigenvalue weighted by atomic mass is 16.5. The van der Waals surface area contributed by atoms with Crippen molar-refractivity contribution in [2.75, 3.05) is 0 Å². The third kappa shape index (κ3) is 1.73. The molecule has 0 aliphatic carbocycles. The lowest BCUT2D eigenvalue weighted by atomic mass is 9.95. The molecule has 5 heteroatoms. The highest BCUT2D eigenvalue weighted by Gasteiger charge is 2.32. The van der Waals surface area contributed by atoms with E-state index in [0.717, 1.165) is 6.07 Å². The van der Waals surface area contributed by atoms with E-state index in [4.69, 9.17) is 4.74 Å². The summed E-state index contributed by atoms with van der Waals surface area (Å²) in [6.45, 7) is 2.95. The first-order chi connectivity index (χ1) is 7.91. The number of fused-ring (bicyclic) bond motifs is 1. The molecule has 1 aromatic carbocycles. The number of hydrogen-bond donors (Lipinski definition) is 2. The molecular formula is C12H12O5. The molecule has 2 rings (SSSR count). The molecule has 0 radical (unpaired) electrons. The van der Waals surface area contributed by atoms with Crippen LogP contribution in [0.25, 0.3) is 0 Å². The number of ketones is 2. The quantitative estimate of drug-likeness (QED) is 0.724. The van der Waals surface area contributed by atoms with Crippen molar-refractivity contribution < 1.29 is 24.5 Å². The minimum atomic E-state index is -0.416. The molecule has 1 unspecified atom stereocenters. The highest BCUT2D eigenvalue weighted by Crippen LogP contribution is 2.42. The van der Waals surface area contributed by atoms with Gasteiger partial charge in [-0.3, -0.25) is 9.59 Å². The van der Waals surface area contributed by atoms with Gasteiger partial charge in [0.15, 0.2) is 11.6 Å². The van der Waals surface area contributed by atoms with Crippen LogP contribution >= 0.6 is 0 Å². The Balaban J connectivity index is 2.76. The molecule has 2 N–H and O–H groups in total. The Morgan fingerprint density at radius 1 is 1.41 bits per heavy atom. The monoisotopic (exact) mass is 236 g/mol. The van der Waals surface area contributed by atoms with Crippen LogP contribution in [0.1, 0.15) is 41.0 Å². The van der Waals surface area contributed by atoms with Gasteiger partial charge < -0.3 is 14.9 Å². The summed E-state index contributed by atoms with van der Waals surface area (Å²) in [6, 6.07) is 0.993. The van der Waals surface area contributed by atoms with Gasteiger partial charge in [0.2, 0.25) is 0 Å². The fourth-order valence-electron chi connectivity index (χ4n) is 1.97. The van der Waals surface area contributed by atoms with Gasteiger partial charge in [0.05, 0.1) is 0 Å². The maximum absolute atomic E-state index is 11.8. The normalized spacial score (nSPS) is 18.5. The molecule has 5 nitrogen and oxygen atoms in total. The fraction of sp³-hybridized carbons (Fsp3) is 0.333. The molecule has 0 bridgehead atoms. The number of Topliss-reactive ketones (excluding diaryl/α,β-unsaturated/α-hetero) is 2. The molecule has 90 valence electrons. The zero-order valence-electron chi connectivity index (χ0n) is 9.48. The van der Waals surface area contributed by atoms with Gasteiger partial charge in [0.25, 0.3) is 0 Å². The molecule has 0 spiro atoms. The SMILES string of the molecule is CC(=O)c1c(O)cc(O)c2c1OC(C)CC2=O. The fourth-order valence-corrected chi connectivity index (χ4v) is 1.97. The van der Waals surface area contributed by atoms with Crippen molar-refractivity contribution >= 4 is 11.6 Å². The number of rotatable bonds is 1. The number of carbonyl (C=O) groups excluding carboxylic acids is 2. The van der Waals surface area contributed by atoms with Crippen LogP contribution in [0.5, 0.6) is 17.2 Å². The Bertz CT molecular complexity index is 498. The van der Waals surface area contributed by atoms with Crippen LogP contribution in [0.4, 0.5) is 0 Å². The predicted molar refractivity (Wildman–Crippen MR) is 58.8 cm³/mol. The van der Waals surface area contributed by atoms with Gasteiger partial charge in [-0.05, 0) is 13.8 Å². The topological polar surface area (TPSA) is 83.8 Å². The van der Waals surface area contributed by atoms with Crippen molar-refractivity contribution in [2.45, 2.75) is 26.4 Å². The summed E-state index contributed by atoms with van der Waals surface area (Å²) in [6.07, 6.45) is -0.239. The van der Waals surface area contributed by atoms with Crippen molar-refractivity contribution in [3.8, 4) is 17.2 Å². The van der Waals surface area contributed by atoms with Crippen LogP contribution in [0.15, 0.2) is 6.07 Å². The van der Waals surface area contributed by atoms with E-state index in [1.54, 1.807) is 6.92 Å². The Morgan fingerprint density at radius 2 is 2.06 bits per heavy atom. The van der Waals surface area contributed by atoms with E-state index in [2.05, 4.69) is 0 Å². The number of phenols is 2. The zero-order valence-corrected chi connectivity index (χ0v) is 9.48. The van der Waals surface area contributed by atoms with Gasteiger partial charge in [0.1, 0.15) is 34.5 Å². The first-order valence-corrected chi connectivity index (χ1v) is 5.21. The standard InChI is InChI=1S/C12H12O5/c1-5-3-7(14)11-9(16)4-8(15)10(6(2)13)12(11)17-5/h4-5,15-16H,3H2,1-2H3. The summed E-state index contributed by atoms with van der Waals surface area (Å²) in [5, 5.41) is 19.2. The molecule has 1 aliphatic heterocycles. The van der Waals surface area contributed by atoms with E-state index < -0.39 is 5.78 Å². The van der Waals surface area contributed by atoms with Crippen molar-refractivity contribution in [1.29, 1.82) is 0 Å². The molecule has 1 aromatic rings. The van der Waals surface area contributed by atoms with Gasteiger partial charge in [-0.2, -0.15) is 0 Å². The molecule has 1 aliphatic rings. The zero-order chi connectivity index (χ0) is 12.7. The molecule has 1 heterocycles. The number of aromatic hydroxyl groups is 2. The molecular weight excluding hydrogens is 224 g/mol. The van der Waals surface area contributed by atoms with Crippen LogP contribution in [-0.2, 0) is 0 Å². The molecule has 1 atom stereocenters. The van der Waals surface area contributed by atoms with Crippen molar-refractivity contribution in [3.05, 3.63) is 17.2 Å². The number of hydrogen-bond acceptors (Lipinski definition) is 5. The predicted octanol–water partition coefficient (Wildman–Crippen LogP) is 1.65. The smallest absolute Gasteiger partial charge is 0.174 e. The average Bonchev–Trinajstić information content (AvgIpc) is 2.13. The lowest BCUT2D eigenvalue weighted by Crippen LogP contribution is -2.25. The lowest BCUT2D eigenvalue weighted by Gasteiger charge is -2.25. The van der Waals surface area contributed by atoms with E-state index in [1.807, 2.05) is 0 Å². The number of ether oxygens (including phenoxy) is 1. The first kappa shape index (κ1) is 11.4. The van der Waals surface area contributed by atoms with Crippen LogP contribution in [0, 0.1) is 0 Å². The van der Waals surface area contributed by atoms with Crippen LogP contribution in [-0.4, -0.2) is 27.9 Å². The van der Waals surface area contributed by atoms with Crippen LogP contribution < -0.4 is 4.74 Å². The van der Waals surface area contributed by atoms with E-state index in [1.165, 1.54) is 6.92 Å². The van der Waals surface area contributed by atoms with Crippen molar-refractivity contribution in [1.82, 2.24) is 0 Å². The molecule has 17 heavy (non-hydrogen) atoms. The largest absolute Gasteiger partial charge is 0.507 e. The van der Waals surface area contributed by atoms with Gasteiger partial charge in [0, 0.05) is 12.5 Å². The Morgan fingerprint density at radius 3 is 2.65 bits per heavy atom. The summed E-state index contributed by atoms with van der Waals surface area (Å²) < 4.78 is 5.39. The van der Waals surface area contributed by atoms with E-state index in [9.17, 15) is 19.8 Å². The highest BCUT2D eigenvalue weighted by molar-refractivity contribution is 6.09. The second-order valence-electron chi connectivity index (χ2n) is 4.11. The van der Waals surface area contributed by atoms with Gasteiger partial charge in [-0.1, -0.05) is 0 Å². The minimum Gasteiger partial charge on any atom is -0.507 e. The van der Waals surface area contributed by atoms with Crippen molar-refractivity contribution in [3.63, 3.8) is 0 Å². The number of benzene rings is 1. The lowest BCUT2D eigenvalue weighted by molar-refractivity contribution is 0.0861. The third-order valence-electron chi connectivity index (χ3n) is 2.66. The summed E-state index contributed by atoms with van der Waals surface area (Å²) in [5.41, 5.74) is -0.0798. The molecule has 0 saturated heterocycles. The maximum atomic E-state index is 11.8. The molecule has 0 fully saturated rings. The van der Waals surface area contributed by atoms with Crippen LogP contribution in [0.2, 0.25) is 0 Å². The molecule has 0 aromatic heterocycles. The van der Waals surface area contributed by atoms with E-state index >= 15 is 0 Å². The summed E-state index contributed by atoms with van der Waals surface area (Å²) >= 11 is 0. The minimum absolute atomic E-state index is 0.0150. The third-order valence-corrected chi connectivity index (χ3v) is 2.66. The Labute approximate surface area is 97.6 Å². The Hall–Kier alpha value is -2.04. The second-order valence-corrected chi connectivity index (χ2v) is 4.11. The van der Waals surface area contributed by atoms with E-state index in [0.29, 0.717) is 0 Å². The molecule has 0 saturated carbocycles. The Kier molecular flexibility index (Phi) is 2.53. The molecule has 0 amide bonds. The first-order valence-electron chi connectivity index (χ1n) is 5.21. The number of phenolic OH excluding ortho intramolecular Hbond substituents is 2. The summed E-state index contributed by atoms with van der Waals surface area (Å²) in [7, 11) is 0. The van der Waals surface area contributed by atoms with E-state index in [-0.39, 0.29) is 46.7 Å². The van der Waals surface area contributed by atoms with Crippen molar-refractivity contribution in [2.24, 2.45) is 0 Å².